The third-order valence-corrected chi connectivity index (χ3v) is 1.87. The minimum atomic E-state index is -4.75. The van der Waals surface area contributed by atoms with Gasteiger partial charge in [-0.05, 0) is 24.6 Å². The second-order valence-electron chi connectivity index (χ2n) is 3.33. The van der Waals surface area contributed by atoms with E-state index in [-0.39, 0.29) is 5.56 Å². The molecule has 0 radical (unpaired) electrons. The highest BCUT2D eigenvalue weighted by Gasteiger charge is 2.31. The van der Waals surface area contributed by atoms with Gasteiger partial charge in [-0.1, -0.05) is 13.0 Å². The minimum absolute atomic E-state index is 0.139. The van der Waals surface area contributed by atoms with Gasteiger partial charge in [0, 0.05) is 12.1 Å². The van der Waals surface area contributed by atoms with Crippen molar-refractivity contribution in [3.8, 4) is 5.75 Å². The average molecular weight is 247 g/mol. The van der Waals surface area contributed by atoms with E-state index >= 15 is 0 Å². The molecule has 0 aromatic heterocycles. The molecule has 1 aromatic carbocycles. The van der Waals surface area contributed by atoms with Gasteiger partial charge in [-0.15, -0.1) is 13.2 Å². The van der Waals surface area contributed by atoms with Gasteiger partial charge in [-0.25, -0.2) is 0 Å². The first kappa shape index (κ1) is 13.3. The van der Waals surface area contributed by atoms with Crippen LogP contribution in [0.2, 0.25) is 0 Å². The van der Waals surface area contributed by atoms with Crippen LogP contribution in [0.5, 0.6) is 5.75 Å². The van der Waals surface area contributed by atoms with Gasteiger partial charge >= 0.3 is 6.36 Å². The summed E-state index contributed by atoms with van der Waals surface area (Å²) in [4.78, 5) is 11.5. The molecule has 0 atom stereocenters. The van der Waals surface area contributed by atoms with Crippen LogP contribution in [0.4, 0.5) is 13.2 Å². The number of benzene rings is 1. The summed E-state index contributed by atoms with van der Waals surface area (Å²) in [6.45, 7) is 2.35. The number of hydrogen-bond donors (Lipinski definition) is 1. The van der Waals surface area contributed by atoms with Crippen molar-refractivity contribution in [1.29, 1.82) is 0 Å². The van der Waals surface area contributed by atoms with Crippen molar-refractivity contribution in [2.75, 3.05) is 6.54 Å². The molecule has 3 nitrogen and oxygen atoms in total. The van der Waals surface area contributed by atoms with Gasteiger partial charge in [0.25, 0.3) is 5.91 Å². The molecule has 1 amide bonds. The molecule has 0 unspecified atom stereocenters. The van der Waals surface area contributed by atoms with Crippen molar-refractivity contribution >= 4 is 5.91 Å². The van der Waals surface area contributed by atoms with E-state index in [1.165, 1.54) is 12.1 Å². The summed E-state index contributed by atoms with van der Waals surface area (Å²) in [5.41, 5.74) is 0.139. The van der Waals surface area contributed by atoms with Gasteiger partial charge in [0.1, 0.15) is 5.75 Å². The molecule has 6 heteroatoms. The molecule has 94 valence electrons. The molecule has 17 heavy (non-hydrogen) atoms. The van der Waals surface area contributed by atoms with Crippen molar-refractivity contribution in [3.05, 3.63) is 29.8 Å². The number of amides is 1. The number of nitrogens with one attached hydrogen (secondary N) is 1. The van der Waals surface area contributed by atoms with Crippen LogP contribution in [0, 0.1) is 0 Å². The molecule has 0 aliphatic carbocycles. The molecular formula is C11H12F3NO2. The molecule has 1 rings (SSSR count). The van der Waals surface area contributed by atoms with E-state index in [4.69, 9.17) is 0 Å². The Balaban J connectivity index is 2.75. The summed E-state index contributed by atoms with van der Waals surface area (Å²) in [5, 5.41) is 2.56. The van der Waals surface area contributed by atoms with E-state index < -0.39 is 18.0 Å². The molecule has 0 aliphatic heterocycles. The van der Waals surface area contributed by atoms with Crippen LogP contribution in [0.3, 0.4) is 0 Å². The molecule has 0 fully saturated rings. The van der Waals surface area contributed by atoms with E-state index in [9.17, 15) is 18.0 Å². The fourth-order valence-corrected chi connectivity index (χ4v) is 1.18. The molecule has 0 spiro atoms. The molecular weight excluding hydrogens is 235 g/mol. The first-order valence-corrected chi connectivity index (χ1v) is 5.06. The van der Waals surface area contributed by atoms with Crippen molar-refractivity contribution in [2.24, 2.45) is 0 Å². The summed E-state index contributed by atoms with van der Waals surface area (Å²) >= 11 is 0. The molecule has 0 aliphatic rings. The number of hydrogen-bond acceptors (Lipinski definition) is 2. The van der Waals surface area contributed by atoms with E-state index in [0.717, 1.165) is 18.6 Å². The zero-order chi connectivity index (χ0) is 12.9. The molecule has 0 heterocycles. The molecule has 0 saturated carbocycles. The van der Waals surface area contributed by atoms with Gasteiger partial charge in [0.2, 0.25) is 0 Å². The highest BCUT2D eigenvalue weighted by atomic mass is 19.4. The lowest BCUT2D eigenvalue weighted by atomic mass is 10.2. The maximum atomic E-state index is 12.0. The average Bonchev–Trinajstić information content (AvgIpc) is 2.24. The summed E-state index contributed by atoms with van der Waals surface area (Å²) in [6.07, 6.45) is -4.00. The number of ether oxygens (including phenoxy) is 1. The molecule has 0 bridgehead atoms. The summed E-state index contributed by atoms with van der Waals surface area (Å²) in [6, 6.07) is 4.96. The topological polar surface area (TPSA) is 38.3 Å². The highest BCUT2D eigenvalue weighted by molar-refractivity contribution is 5.94. The monoisotopic (exact) mass is 247 g/mol. The van der Waals surface area contributed by atoms with E-state index in [0.29, 0.717) is 6.54 Å². The number of carbonyl (C=O) groups is 1. The quantitative estimate of drug-likeness (QED) is 0.888. The van der Waals surface area contributed by atoms with Crippen LogP contribution in [0.25, 0.3) is 0 Å². The normalized spacial score (nSPS) is 11.1. The highest BCUT2D eigenvalue weighted by Crippen LogP contribution is 2.23. The van der Waals surface area contributed by atoms with E-state index in [1.807, 2.05) is 6.92 Å². The SMILES string of the molecule is CCCNC(=O)c1cccc(OC(F)(F)F)c1. The van der Waals surface area contributed by atoms with E-state index in [2.05, 4.69) is 10.1 Å². The van der Waals surface area contributed by atoms with Crippen LogP contribution < -0.4 is 10.1 Å². The van der Waals surface area contributed by atoms with Crippen LogP contribution in [-0.2, 0) is 0 Å². The number of carbonyl (C=O) groups excluding carboxylic acids is 1. The number of halogens is 3. The first-order valence-electron chi connectivity index (χ1n) is 5.06. The fraction of sp³-hybridized carbons (Fsp3) is 0.364. The Bertz CT molecular complexity index is 391. The van der Waals surface area contributed by atoms with Gasteiger partial charge in [0.15, 0.2) is 0 Å². The third-order valence-electron chi connectivity index (χ3n) is 1.87. The maximum Gasteiger partial charge on any atom is 0.573 e. The minimum Gasteiger partial charge on any atom is -0.406 e. The Hall–Kier alpha value is -1.72. The third kappa shape index (κ3) is 4.76. The predicted octanol–water partition coefficient (Wildman–Crippen LogP) is 2.73. The lowest BCUT2D eigenvalue weighted by Gasteiger charge is -2.10. The lowest BCUT2D eigenvalue weighted by Crippen LogP contribution is -2.24. The Morgan fingerprint density at radius 3 is 2.71 bits per heavy atom. The predicted molar refractivity (Wildman–Crippen MR) is 55.7 cm³/mol. The van der Waals surface area contributed by atoms with Gasteiger partial charge in [-0.3, -0.25) is 4.79 Å². The van der Waals surface area contributed by atoms with Crippen molar-refractivity contribution in [1.82, 2.24) is 5.32 Å². The first-order chi connectivity index (χ1) is 7.92. The van der Waals surface area contributed by atoms with Gasteiger partial charge < -0.3 is 10.1 Å². The summed E-state index contributed by atoms with van der Waals surface area (Å²) < 4.78 is 39.6. The van der Waals surface area contributed by atoms with Crippen LogP contribution in [0.15, 0.2) is 24.3 Å². The van der Waals surface area contributed by atoms with Crippen LogP contribution in [0.1, 0.15) is 23.7 Å². The Kier molecular flexibility index (Phi) is 4.37. The van der Waals surface area contributed by atoms with Crippen molar-refractivity contribution < 1.29 is 22.7 Å². The zero-order valence-corrected chi connectivity index (χ0v) is 9.17. The Morgan fingerprint density at radius 2 is 2.12 bits per heavy atom. The smallest absolute Gasteiger partial charge is 0.406 e. The second-order valence-corrected chi connectivity index (χ2v) is 3.33. The maximum absolute atomic E-state index is 12.0. The van der Waals surface area contributed by atoms with E-state index in [1.54, 1.807) is 0 Å². The van der Waals surface area contributed by atoms with Crippen molar-refractivity contribution in [2.45, 2.75) is 19.7 Å². The van der Waals surface area contributed by atoms with Crippen LogP contribution in [-0.4, -0.2) is 18.8 Å². The summed E-state index contributed by atoms with van der Waals surface area (Å²) in [5.74, 6) is -0.818. The fourth-order valence-electron chi connectivity index (χ4n) is 1.18. The van der Waals surface area contributed by atoms with Crippen LogP contribution >= 0.6 is 0 Å². The number of rotatable bonds is 4. The molecule has 0 saturated heterocycles. The zero-order valence-electron chi connectivity index (χ0n) is 9.17. The molecule has 1 N–H and O–H groups in total. The number of alkyl halides is 3. The second kappa shape index (κ2) is 5.56. The standard InChI is InChI=1S/C11H12F3NO2/c1-2-6-15-10(16)8-4-3-5-9(7-8)17-11(12,13)14/h3-5,7H,2,6H2,1H3,(H,15,16). The lowest BCUT2D eigenvalue weighted by molar-refractivity contribution is -0.274. The van der Waals surface area contributed by atoms with Gasteiger partial charge in [0.05, 0.1) is 0 Å². The van der Waals surface area contributed by atoms with Gasteiger partial charge in [-0.2, -0.15) is 0 Å². The Morgan fingerprint density at radius 1 is 1.41 bits per heavy atom. The molecule has 1 aromatic rings. The summed E-state index contributed by atoms with van der Waals surface area (Å²) in [7, 11) is 0. The Labute approximate surface area is 96.6 Å². The largest absolute Gasteiger partial charge is 0.573 e. The van der Waals surface area contributed by atoms with Crippen molar-refractivity contribution in [3.63, 3.8) is 0 Å².